The summed E-state index contributed by atoms with van der Waals surface area (Å²) in [7, 11) is 0. The molecule has 0 aromatic rings. The van der Waals surface area contributed by atoms with Crippen molar-refractivity contribution in [2.24, 2.45) is 5.92 Å². The van der Waals surface area contributed by atoms with Gasteiger partial charge in [-0.15, -0.1) is 0 Å². The first-order valence-electron chi connectivity index (χ1n) is 6.66. The number of carboxylic acids is 1. The molecule has 1 aliphatic rings. The van der Waals surface area contributed by atoms with E-state index in [1.54, 1.807) is 0 Å². The van der Waals surface area contributed by atoms with Crippen LogP contribution in [0.5, 0.6) is 0 Å². The fraction of sp³-hybridized carbons (Fsp3) is 0.692. The molecule has 7 heteroatoms. The van der Waals surface area contributed by atoms with Crippen molar-refractivity contribution in [2.45, 2.75) is 45.6 Å². The molecule has 0 radical (unpaired) electrons. The van der Waals surface area contributed by atoms with Gasteiger partial charge in [0.15, 0.2) is 0 Å². The molecule has 112 valence electrons. The second kappa shape index (κ2) is 7.02. The molecule has 0 saturated carbocycles. The molecule has 1 rings (SSSR count). The van der Waals surface area contributed by atoms with Gasteiger partial charge < -0.3 is 10.4 Å². The Labute approximate surface area is 117 Å². The maximum atomic E-state index is 11.7. The molecule has 0 aliphatic carbocycles. The summed E-state index contributed by atoms with van der Waals surface area (Å²) in [6, 6.07) is -0.938. The molecular weight excluding hydrogens is 264 g/mol. The van der Waals surface area contributed by atoms with Crippen molar-refractivity contribution in [3.05, 3.63) is 0 Å². The Morgan fingerprint density at radius 3 is 2.25 bits per heavy atom. The number of hydrogen-bond acceptors (Lipinski definition) is 4. The Balaban J connectivity index is 2.44. The topological polar surface area (TPSA) is 104 Å². The molecule has 0 bridgehead atoms. The highest BCUT2D eigenvalue weighted by Gasteiger charge is 2.29. The lowest BCUT2D eigenvalue weighted by molar-refractivity contribution is -0.143. The smallest absolute Gasteiger partial charge is 0.326 e. The van der Waals surface area contributed by atoms with E-state index in [0.29, 0.717) is 6.42 Å². The SMILES string of the molecule is CC(C)C[C@H](NC(=O)CCN1C(=O)CCC1=O)C(=O)O. The van der Waals surface area contributed by atoms with Gasteiger partial charge in [-0.2, -0.15) is 0 Å². The van der Waals surface area contributed by atoms with E-state index < -0.39 is 17.9 Å². The number of carbonyl (C=O) groups excluding carboxylic acids is 3. The number of nitrogens with one attached hydrogen (secondary N) is 1. The van der Waals surface area contributed by atoms with E-state index in [4.69, 9.17) is 5.11 Å². The van der Waals surface area contributed by atoms with Gasteiger partial charge in [0.25, 0.3) is 0 Å². The number of carboxylic acid groups (broad SMARTS) is 1. The van der Waals surface area contributed by atoms with Crippen LogP contribution in [-0.4, -0.2) is 46.3 Å². The van der Waals surface area contributed by atoms with E-state index in [0.717, 1.165) is 4.90 Å². The van der Waals surface area contributed by atoms with Crippen molar-refractivity contribution in [1.82, 2.24) is 10.2 Å². The zero-order valence-corrected chi connectivity index (χ0v) is 11.7. The highest BCUT2D eigenvalue weighted by Crippen LogP contribution is 2.12. The number of carbonyl (C=O) groups is 4. The Morgan fingerprint density at radius 2 is 1.80 bits per heavy atom. The molecule has 1 aliphatic heterocycles. The highest BCUT2D eigenvalue weighted by molar-refractivity contribution is 6.02. The Kier molecular flexibility index (Phi) is 5.66. The van der Waals surface area contributed by atoms with Gasteiger partial charge >= 0.3 is 5.97 Å². The second-order valence-corrected chi connectivity index (χ2v) is 5.28. The van der Waals surface area contributed by atoms with Crippen LogP contribution in [0.3, 0.4) is 0 Å². The van der Waals surface area contributed by atoms with Crippen LogP contribution in [-0.2, 0) is 19.2 Å². The molecule has 3 amide bonds. The summed E-state index contributed by atoms with van der Waals surface area (Å²) in [5.74, 6) is -1.97. The van der Waals surface area contributed by atoms with Gasteiger partial charge in [-0.3, -0.25) is 19.3 Å². The van der Waals surface area contributed by atoms with Gasteiger partial charge in [0.05, 0.1) is 0 Å². The second-order valence-electron chi connectivity index (χ2n) is 5.28. The summed E-state index contributed by atoms with van der Waals surface area (Å²) >= 11 is 0. The minimum atomic E-state index is -1.08. The van der Waals surface area contributed by atoms with E-state index in [1.807, 2.05) is 13.8 Å². The summed E-state index contributed by atoms with van der Waals surface area (Å²) in [6.07, 6.45) is 0.638. The van der Waals surface area contributed by atoms with E-state index in [9.17, 15) is 19.2 Å². The van der Waals surface area contributed by atoms with E-state index in [1.165, 1.54) is 0 Å². The largest absolute Gasteiger partial charge is 0.480 e. The van der Waals surface area contributed by atoms with Crippen LogP contribution < -0.4 is 5.32 Å². The minimum absolute atomic E-state index is 0.0114. The van der Waals surface area contributed by atoms with Crippen molar-refractivity contribution in [2.75, 3.05) is 6.54 Å². The van der Waals surface area contributed by atoms with Gasteiger partial charge in [-0.05, 0) is 12.3 Å². The third-order valence-electron chi connectivity index (χ3n) is 3.06. The lowest BCUT2D eigenvalue weighted by atomic mass is 10.0. The highest BCUT2D eigenvalue weighted by atomic mass is 16.4. The Bertz CT molecular complexity index is 403. The zero-order valence-electron chi connectivity index (χ0n) is 11.7. The first-order chi connectivity index (χ1) is 9.31. The van der Waals surface area contributed by atoms with Crippen molar-refractivity contribution >= 4 is 23.7 Å². The summed E-state index contributed by atoms with van der Waals surface area (Å²) < 4.78 is 0. The molecule has 1 saturated heterocycles. The predicted molar refractivity (Wildman–Crippen MR) is 69.6 cm³/mol. The van der Waals surface area contributed by atoms with Crippen LogP contribution in [0.2, 0.25) is 0 Å². The number of imide groups is 1. The first kappa shape index (κ1) is 16.1. The number of amides is 3. The van der Waals surface area contributed by atoms with Crippen LogP contribution >= 0.6 is 0 Å². The number of rotatable bonds is 7. The monoisotopic (exact) mass is 284 g/mol. The molecule has 0 spiro atoms. The maximum Gasteiger partial charge on any atom is 0.326 e. The number of hydrogen-bond donors (Lipinski definition) is 2. The summed E-state index contributed by atoms with van der Waals surface area (Å²) in [5, 5.41) is 11.4. The van der Waals surface area contributed by atoms with E-state index in [2.05, 4.69) is 5.32 Å². The third-order valence-corrected chi connectivity index (χ3v) is 3.06. The first-order valence-corrected chi connectivity index (χ1v) is 6.66. The molecule has 20 heavy (non-hydrogen) atoms. The number of aliphatic carboxylic acids is 1. The van der Waals surface area contributed by atoms with Crippen LogP contribution in [0.4, 0.5) is 0 Å². The average Bonchev–Trinajstić information content (AvgIpc) is 2.65. The summed E-state index contributed by atoms with van der Waals surface area (Å²) in [5.41, 5.74) is 0. The van der Waals surface area contributed by atoms with Crippen molar-refractivity contribution in [3.8, 4) is 0 Å². The minimum Gasteiger partial charge on any atom is -0.480 e. The standard InChI is InChI=1S/C13H20N2O5/c1-8(2)7-9(13(19)20)14-10(16)5-6-15-11(17)3-4-12(15)18/h8-9H,3-7H2,1-2H3,(H,14,16)(H,19,20)/t9-/m0/s1. The van der Waals surface area contributed by atoms with Gasteiger partial charge in [0, 0.05) is 25.8 Å². The summed E-state index contributed by atoms with van der Waals surface area (Å²) in [4.78, 5) is 46.4. The maximum absolute atomic E-state index is 11.7. The Morgan fingerprint density at radius 1 is 1.25 bits per heavy atom. The quantitative estimate of drug-likeness (QED) is 0.647. The molecule has 1 fully saturated rings. The summed E-state index contributed by atoms with van der Waals surface area (Å²) in [6.45, 7) is 3.74. The molecule has 0 unspecified atom stereocenters. The van der Waals surface area contributed by atoms with E-state index in [-0.39, 0.29) is 43.5 Å². The molecular formula is C13H20N2O5. The average molecular weight is 284 g/mol. The molecule has 0 aromatic carbocycles. The van der Waals surface area contributed by atoms with Crippen LogP contribution in [0.15, 0.2) is 0 Å². The van der Waals surface area contributed by atoms with Crippen LogP contribution in [0, 0.1) is 5.92 Å². The molecule has 7 nitrogen and oxygen atoms in total. The van der Waals surface area contributed by atoms with Crippen molar-refractivity contribution < 1.29 is 24.3 Å². The Hall–Kier alpha value is -1.92. The molecule has 1 atom stereocenters. The number of likely N-dealkylation sites (tertiary alicyclic amines) is 1. The molecule has 1 heterocycles. The third kappa shape index (κ3) is 4.64. The predicted octanol–water partition coefficient (Wildman–Crippen LogP) is 0.141. The fourth-order valence-electron chi connectivity index (χ4n) is 2.05. The van der Waals surface area contributed by atoms with Crippen LogP contribution in [0.25, 0.3) is 0 Å². The van der Waals surface area contributed by atoms with Gasteiger partial charge in [0.2, 0.25) is 17.7 Å². The normalized spacial score (nSPS) is 16.6. The van der Waals surface area contributed by atoms with Gasteiger partial charge in [-0.25, -0.2) is 4.79 Å². The lowest BCUT2D eigenvalue weighted by Crippen LogP contribution is -2.43. The van der Waals surface area contributed by atoms with E-state index >= 15 is 0 Å². The lowest BCUT2D eigenvalue weighted by Gasteiger charge is -2.18. The van der Waals surface area contributed by atoms with Crippen molar-refractivity contribution in [1.29, 1.82) is 0 Å². The van der Waals surface area contributed by atoms with Gasteiger partial charge in [-0.1, -0.05) is 13.8 Å². The zero-order chi connectivity index (χ0) is 15.3. The number of nitrogens with zero attached hydrogens (tertiary/aromatic N) is 1. The fourth-order valence-corrected chi connectivity index (χ4v) is 2.05. The van der Waals surface area contributed by atoms with Gasteiger partial charge in [0.1, 0.15) is 6.04 Å². The molecule has 0 aromatic heterocycles. The van der Waals surface area contributed by atoms with Crippen LogP contribution in [0.1, 0.15) is 39.5 Å². The van der Waals surface area contributed by atoms with Crippen molar-refractivity contribution in [3.63, 3.8) is 0 Å². The molecule has 2 N–H and O–H groups in total.